The Morgan fingerprint density at radius 2 is 2.23 bits per heavy atom. The van der Waals surface area contributed by atoms with E-state index in [1.165, 1.54) is 6.07 Å². The number of hydrogen-bond donors (Lipinski definition) is 2. The van der Waals surface area contributed by atoms with Crippen LogP contribution >= 0.6 is 15.9 Å². The average molecular weight is 426 g/mol. The molecule has 0 bridgehead atoms. The van der Waals surface area contributed by atoms with Gasteiger partial charge in [-0.1, -0.05) is 22.0 Å². The smallest absolute Gasteiger partial charge is 0.337 e. The molecule has 8 heteroatoms. The molecule has 1 aromatic rings. The van der Waals surface area contributed by atoms with E-state index in [0.717, 1.165) is 4.47 Å². The van der Waals surface area contributed by atoms with Gasteiger partial charge in [0.1, 0.15) is 5.82 Å². The maximum Gasteiger partial charge on any atom is 0.337 e. The van der Waals surface area contributed by atoms with Crippen LogP contribution in [-0.2, 0) is 16.1 Å². The van der Waals surface area contributed by atoms with Crippen molar-refractivity contribution in [2.75, 3.05) is 26.2 Å². The van der Waals surface area contributed by atoms with Gasteiger partial charge < -0.3 is 15.4 Å². The molecule has 2 rings (SSSR count). The maximum absolute atomic E-state index is 14.1. The van der Waals surface area contributed by atoms with Crippen LogP contribution in [0.1, 0.15) is 12.5 Å². The summed E-state index contributed by atoms with van der Waals surface area (Å²) < 4.78 is 19.9. The molecule has 140 valence electrons. The van der Waals surface area contributed by atoms with Crippen LogP contribution in [-0.4, -0.2) is 43.1 Å². The second kappa shape index (κ2) is 9.49. The third-order valence-electron chi connectivity index (χ3n) is 3.75. The number of nitrogens with zero attached hydrogens (tertiary/aromatic N) is 1. The largest absolute Gasteiger partial charge is 0.463 e. The van der Waals surface area contributed by atoms with Gasteiger partial charge in [0.2, 0.25) is 0 Å². The van der Waals surface area contributed by atoms with Gasteiger partial charge in [0.05, 0.1) is 18.7 Å². The first-order valence-electron chi connectivity index (χ1n) is 8.15. The van der Waals surface area contributed by atoms with Gasteiger partial charge in [0.25, 0.3) is 0 Å². The number of carbonyl (C=O) groups is 2. The molecule has 2 N–H and O–H groups in total. The van der Waals surface area contributed by atoms with Crippen molar-refractivity contribution in [3.63, 3.8) is 0 Å². The summed E-state index contributed by atoms with van der Waals surface area (Å²) in [6.07, 6.45) is 1.68. The summed E-state index contributed by atoms with van der Waals surface area (Å²) in [5.74, 6) is -0.807. The molecular formula is C18H21BrFN3O3. The summed E-state index contributed by atoms with van der Waals surface area (Å²) in [6, 6.07) is 4.33. The summed E-state index contributed by atoms with van der Waals surface area (Å²) in [7, 11) is 0. The quantitative estimate of drug-likeness (QED) is 0.496. The van der Waals surface area contributed by atoms with Crippen LogP contribution in [0.4, 0.5) is 9.18 Å². The van der Waals surface area contributed by atoms with Crippen molar-refractivity contribution in [2.24, 2.45) is 0 Å². The van der Waals surface area contributed by atoms with Crippen LogP contribution in [0.15, 0.2) is 46.6 Å². The highest BCUT2D eigenvalue weighted by Crippen LogP contribution is 2.18. The molecule has 1 aliphatic rings. The number of benzene rings is 1. The van der Waals surface area contributed by atoms with E-state index in [4.69, 9.17) is 4.74 Å². The molecule has 1 heterocycles. The Morgan fingerprint density at radius 1 is 1.46 bits per heavy atom. The minimum Gasteiger partial charge on any atom is -0.463 e. The number of esters is 1. The zero-order chi connectivity index (χ0) is 19.1. The standard InChI is InChI=1S/C18H21BrFN3O3/c1-3-7-23(10-12-8-13(19)5-6-15(12)20)11-16-14(17(24)26-4-2)9-21-18(25)22-16/h3,5-6,8H,1,4,7,9-11H2,2H3,(H2,21,22,25). The van der Waals surface area contributed by atoms with Gasteiger partial charge in [-0.25, -0.2) is 14.0 Å². The monoisotopic (exact) mass is 425 g/mol. The first-order valence-corrected chi connectivity index (χ1v) is 8.95. The van der Waals surface area contributed by atoms with Gasteiger partial charge in [-0.2, -0.15) is 0 Å². The summed E-state index contributed by atoms with van der Waals surface area (Å²) in [6.45, 7) is 6.76. The lowest BCUT2D eigenvalue weighted by atomic mass is 10.1. The van der Waals surface area contributed by atoms with Crippen LogP contribution in [0.2, 0.25) is 0 Å². The Morgan fingerprint density at radius 3 is 2.92 bits per heavy atom. The zero-order valence-electron chi connectivity index (χ0n) is 14.5. The molecule has 0 saturated heterocycles. The van der Waals surface area contributed by atoms with Crippen LogP contribution in [0, 0.1) is 5.82 Å². The Kier molecular flexibility index (Phi) is 7.35. The third kappa shape index (κ3) is 5.40. The normalized spacial score (nSPS) is 14.1. The Balaban J connectivity index is 2.25. The van der Waals surface area contributed by atoms with Crippen molar-refractivity contribution in [2.45, 2.75) is 13.5 Å². The van der Waals surface area contributed by atoms with Crippen molar-refractivity contribution in [3.05, 3.63) is 58.0 Å². The molecular weight excluding hydrogens is 405 g/mol. The van der Waals surface area contributed by atoms with Crippen molar-refractivity contribution < 1.29 is 18.7 Å². The molecule has 0 saturated carbocycles. The van der Waals surface area contributed by atoms with Crippen molar-refractivity contribution in [1.82, 2.24) is 15.5 Å². The Labute approximate surface area is 160 Å². The van der Waals surface area contributed by atoms with Gasteiger partial charge in [-0.15, -0.1) is 6.58 Å². The van der Waals surface area contributed by atoms with Gasteiger partial charge in [0, 0.05) is 35.4 Å². The van der Waals surface area contributed by atoms with Crippen LogP contribution < -0.4 is 10.6 Å². The fourth-order valence-electron chi connectivity index (χ4n) is 2.58. The molecule has 1 aromatic carbocycles. The van der Waals surface area contributed by atoms with E-state index in [2.05, 4.69) is 33.1 Å². The lowest BCUT2D eigenvalue weighted by Gasteiger charge is -2.27. The van der Waals surface area contributed by atoms with Gasteiger partial charge in [0.15, 0.2) is 0 Å². The molecule has 0 spiro atoms. The number of urea groups is 1. The predicted molar refractivity (Wildman–Crippen MR) is 99.8 cm³/mol. The van der Waals surface area contributed by atoms with E-state index >= 15 is 0 Å². The summed E-state index contributed by atoms with van der Waals surface area (Å²) in [5.41, 5.74) is 1.31. The van der Waals surface area contributed by atoms with E-state index in [0.29, 0.717) is 29.9 Å². The molecule has 2 amide bonds. The van der Waals surface area contributed by atoms with Crippen LogP contribution in [0.3, 0.4) is 0 Å². The van der Waals surface area contributed by atoms with Gasteiger partial charge in [-0.3, -0.25) is 4.90 Å². The Bertz CT molecular complexity index is 736. The molecule has 0 radical (unpaired) electrons. The SMILES string of the molecule is C=CCN(CC1=C(C(=O)OCC)CNC(=O)N1)Cc1cc(Br)ccc1F. The highest BCUT2D eigenvalue weighted by molar-refractivity contribution is 9.10. The van der Waals surface area contributed by atoms with Crippen molar-refractivity contribution in [3.8, 4) is 0 Å². The highest BCUT2D eigenvalue weighted by Gasteiger charge is 2.25. The number of halogens is 2. The van der Waals surface area contributed by atoms with Crippen molar-refractivity contribution in [1.29, 1.82) is 0 Å². The summed E-state index contributed by atoms with van der Waals surface area (Å²) >= 11 is 3.34. The number of carbonyl (C=O) groups excluding carboxylic acids is 2. The van der Waals surface area contributed by atoms with Crippen molar-refractivity contribution >= 4 is 27.9 Å². The summed E-state index contributed by atoms with van der Waals surface area (Å²) in [5, 5.41) is 5.22. The lowest BCUT2D eigenvalue weighted by molar-refractivity contribution is -0.138. The summed E-state index contributed by atoms with van der Waals surface area (Å²) in [4.78, 5) is 25.7. The molecule has 26 heavy (non-hydrogen) atoms. The molecule has 1 aliphatic heterocycles. The number of amides is 2. The number of nitrogens with one attached hydrogen (secondary N) is 2. The van der Waals surface area contributed by atoms with E-state index in [1.54, 1.807) is 25.1 Å². The van der Waals surface area contributed by atoms with E-state index in [9.17, 15) is 14.0 Å². The predicted octanol–water partition coefficient (Wildman–Crippen LogP) is 2.71. The second-order valence-electron chi connectivity index (χ2n) is 5.68. The van der Waals surface area contributed by atoms with Crippen LogP contribution in [0.5, 0.6) is 0 Å². The fourth-order valence-corrected chi connectivity index (χ4v) is 2.99. The average Bonchev–Trinajstić information content (AvgIpc) is 2.58. The molecule has 0 aromatic heterocycles. The zero-order valence-corrected chi connectivity index (χ0v) is 16.1. The molecule has 0 atom stereocenters. The number of ether oxygens (including phenoxy) is 1. The van der Waals surface area contributed by atoms with Gasteiger partial charge in [-0.05, 0) is 25.1 Å². The van der Waals surface area contributed by atoms with Gasteiger partial charge >= 0.3 is 12.0 Å². The number of hydrogen-bond acceptors (Lipinski definition) is 4. The fraction of sp³-hybridized carbons (Fsp3) is 0.333. The van der Waals surface area contributed by atoms with E-state index in [-0.39, 0.29) is 31.5 Å². The van der Waals surface area contributed by atoms with E-state index in [1.807, 2.05) is 4.90 Å². The lowest BCUT2D eigenvalue weighted by Crippen LogP contribution is -2.46. The highest BCUT2D eigenvalue weighted by atomic mass is 79.9. The Hall–Kier alpha value is -2.19. The molecule has 0 aliphatic carbocycles. The first kappa shape index (κ1) is 20.1. The van der Waals surface area contributed by atoms with Crippen LogP contribution in [0.25, 0.3) is 0 Å². The minimum atomic E-state index is -0.484. The molecule has 6 nitrogen and oxygen atoms in total. The minimum absolute atomic E-state index is 0.0905. The third-order valence-corrected chi connectivity index (χ3v) is 4.24. The second-order valence-corrected chi connectivity index (χ2v) is 6.59. The van der Waals surface area contributed by atoms with E-state index < -0.39 is 5.97 Å². The molecule has 0 unspecified atom stereocenters. The maximum atomic E-state index is 14.1. The molecule has 0 fully saturated rings. The number of rotatable bonds is 8. The topological polar surface area (TPSA) is 70.7 Å². The first-order chi connectivity index (χ1) is 12.4.